The fourth-order valence-corrected chi connectivity index (χ4v) is 7.82. The molecule has 0 aromatic carbocycles. The fraction of sp³-hybridized carbons (Fsp3) is 0.704. The van der Waals surface area contributed by atoms with Crippen LogP contribution in [0, 0.1) is 11.8 Å². The first-order valence-electron chi connectivity index (χ1n) is 12.4. The molecule has 0 spiro atoms. The van der Waals surface area contributed by atoms with Crippen LogP contribution in [-0.4, -0.2) is 0 Å². The van der Waals surface area contributed by atoms with E-state index in [0.717, 1.165) is 11.8 Å². The lowest BCUT2D eigenvalue weighted by Gasteiger charge is -2.37. The Morgan fingerprint density at radius 1 is 0.690 bits per heavy atom. The van der Waals surface area contributed by atoms with Gasteiger partial charge in [-0.3, -0.25) is 0 Å². The summed E-state index contributed by atoms with van der Waals surface area (Å²) in [6.07, 6.45) is 16.5. The van der Waals surface area contributed by atoms with Gasteiger partial charge in [-0.15, -0.1) is 22.7 Å². The van der Waals surface area contributed by atoms with Crippen molar-refractivity contribution >= 4 is 22.7 Å². The summed E-state index contributed by atoms with van der Waals surface area (Å²) >= 11 is 3.97. The van der Waals surface area contributed by atoms with E-state index in [2.05, 4.69) is 50.6 Å². The van der Waals surface area contributed by atoms with Crippen molar-refractivity contribution in [3.63, 3.8) is 0 Å². The van der Waals surface area contributed by atoms with Crippen molar-refractivity contribution in [2.45, 2.75) is 110 Å². The van der Waals surface area contributed by atoms with Crippen LogP contribution in [0.15, 0.2) is 22.9 Å². The molecule has 2 heteroatoms. The average molecular weight is 431 g/mol. The van der Waals surface area contributed by atoms with Gasteiger partial charge < -0.3 is 0 Å². The summed E-state index contributed by atoms with van der Waals surface area (Å²) < 4.78 is 0. The molecule has 0 aliphatic heterocycles. The van der Waals surface area contributed by atoms with Crippen molar-refractivity contribution in [3.8, 4) is 9.75 Å². The Morgan fingerprint density at radius 2 is 1.21 bits per heavy atom. The first kappa shape index (κ1) is 23.1. The lowest BCUT2D eigenvalue weighted by atomic mass is 9.66. The van der Waals surface area contributed by atoms with E-state index in [-0.39, 0.29) is 5.41 Å². The van der Waals surface area contributed by atoms with Gasteiger partial charge in [0.15, 0.2) is 0 Å². The smallest absolute Gasteiger partial charge is 0.0486 e. The van der Waals surface area contributed by atoms with Gasteiger partial charge in [0.05, 0.1) is 0 Å². The van der Waals surface area contributed by atoms with E-state index in [1.165, 1.54) is 77.0 Å². The summed E-state index contributed by atoms with van der Waals surface area (Å²) in [6, 6.07) is 4.98. The van der Waals surface area contributed by atoms with E-state index in [0.29, 0.717) is 0 Å². The van der Waals surface area contributed by atoms with Crippen LogP contribution in [0.4, 0.5) is 0 Å². The summed E-state index contributed by atoms with van der Waals surface area (Å²) in [5, 5.41) is 4.72. The molecule has 2 aromatic rings. The molecule has 0 radical (unpaired) electrons. The van der Waals surface area contributed by atoms with Crippen LogP contribution in [0.2, 0.25) is 0 Å². The third-order valence-electron chi connectivity index (χ3n) is 7.43. The Bertz CT molecular complexity index is 682. The standard InChI is InChI=1S/C27H42S2/c1-5-9-11-12-14-22(8-4)20-27(19-21(7-3)13-10-6-2)23-15-17-28-25(23)26-24(27)16-18-29-26/h15-18,21-22H,5-14,19-20H2,1-4H3. The zero-order chi connectivity index (χ0) is 20.7. The highest BCUT2D eigenvalue weighted by Gasteiger charge is 2.46. The number of rotatable bonds is 14. The predicted molar refractivity (Wildman–Crippen MR) is 133 cm³/mol. The third-order valence-corrected chi connectivity index (χ3v) is 9.42. The van der Waals surface area contributed by atoms with Gasteiger partial charge in [0.2, 0.25) is 0 Å². The van der Waals surface area contributed by atoms with Gasteiger partial charge >= 0.3 is 0 Å². The number of unbranched alkanes of at least 4 members (excludes halogenated alkanes) is 4. The maximum atomic E-state index is 2.49. The predicted octanol–water partition coefficient (Wildman–Crippen LogP) is 10.1. The number of fused-ring (bicyclic) bond motifs is 3. The first-order valence-corrected chi connectivity index (χ1v) is 14.1. The second kappa shape index (κ2) is 11.1. The van der Waals surface area contributed by atoms with Crippen LogP contribution in [-0.2, 0) is 5.41 Å². The van der Waals surface area contributed by atoms with E-state index >= 15 is 0 Å². The SMILES string of the molecule is CCCCCCC(CC)CC1(CC(CC)CCCC)c2ccsc2-c2sccc21. The maximum absolute atomic E-state index is 2.49. The van der Waals surface area contributed by atoms with Crippen LogP contribution in [0.1, 0.15) is 116 Å². The summed E-state index contributed by atoms with van der Waals surface area (Å²) in [7, 11) is 0. The minimum atomic E-state index is 0.282. The third kappa shape index (κ3) is 5.01. The summed E-state index contributed by atoms with van der Waals surface area (Å²) in [6.45, 7) is 9.52. The van der Waals surface area contributed by atoms with Crippen LogP contribution in [0.3, 0.4) is 0 Å². The Labute approximate surface area is 188 Å². The van der Waals surface area contributed by atoms with Crippen molar-refractivity contribution in [2.75, 3.05) is 0 Å². The highest BCUT2D eigenvalue weighted by Crippen LogP contribution is 2.59. The molecule has 0 amide bonds. The molecule has 2 unspecified atom stereocenters. The summed E-state index contributed by atoms with van der Waals surface area (Å²) in [5.41, 5.74) is 3.66. The van der Waals surface area contributed by atoms with Gasteiger partial charge in [-0.05, 0) is 58.7 Å². The average Bonchev–Trinajstić information content (AvgIpc) is 3.44. The van der Waals surface area contributed by atoms with Gasteiger partial charge in [-0.1, -0.05) is 91.9 Å². The normalized spacial score (nSPS) is 16.6. The highest BCUT2D eigenvalue weighted by molar-refractivity contribution is 7.21. The second-order valence-corrected chi connectivity index (χ2v) is 11.2. The molecule has 0 nitrogen and oxygen atoms in total. The molecule has 2 atom stereocenters. The van der Waals surface area contributed by atoms with E-state index in [4.69, 9.17) is 0 Å². The lowest BCUT2D eigenvalue weighted by Crippen LogP contribution is -2.31. The molecule has 0 saturated heterocycles. The molecule has 0 fully saturated rings. The van der Waals surface area contributed by atoms with Crippen molar-refractivity contribution in [2.24, 2.45) is 11.8 Å². The topological polar surface area (TPSA) is 0 Å². The van der Waals surface area contributed by atoms with E-state index in [1.807, 2.05) is 22.7 Å². The van der Waals surface area contributed by atoms with E-state index in [1.54, 1.807) is 20.9 Å². The van der Waals surface area contributed by atoms with Crippen molar-refractivity contribution in [1.29, 1.82) is 0 Å². The molecule has 1 aliphatic rings. The molecule has 0 N–H and O–H groups in total. The van der Waals surface area contributed by atoms with Crippen LogP contribution in [0.5, 0.6) is 0 Å². The van der Waals surface area contributed by atoms with Gasteiger partial charge in [0, 0.05) is 15.2 Å². The first-order chi connectivity index (χ1) is 14.2. The molecule has 2 heterocycles. The monoisotopic (exact) mass is 430 g/mol. The lowest BCUT2D eigenvalue weighted by molar-refractivity contribution is 0.265. The molecular formula is C27H42S2. The molecule has 3 rings (SSSR count). The van der Waals surface area contributed by atoms with Crippen LogP contribution >= 0.6 is 22.7 Å². The summed E-state index contributed by atoms with van der Waals surface area (Å²) in [5.74, 6) is 1.71. The fourth-order valence-electron chi connectivity index (χ4n) is 5.63. The molecule has 162 valence electrons. The van der Waals surface area contributed by atoms with E-state index < -0.39 is 0 Å². The molecule has 2 aromatic heterocycles. The molecule has 29 heavy (non-hydrogen) atoms. The molecule has 1 aliphatic carbocycles. The largest absolute Gasteiger partial charge is 0.143 e. The number of hydrogen-bond acceptors (Lipinski definition) is 2. The van der Waals surface area contributed by atoms with Gasteiger partial charge in [0.1, 0.15) is 0 Å². The highest BCUT2D eigenvalue weighted by atomic mass is 32.1. The number of hydrogen-bond donors (Lipinski definition) is 0. The summed E-state index contributed by atoms with van der Waals surface area (Å²) in [4.78, 5) is 3.20. The van der Waals surface area contributed by atoms with Crippen molar-refractivity contribution < 1.29 is 0 Å². The Kier molecular flexibility index (Phi) is 8.86. The van der Waals surface area contributed by atoms with Crippen molar-refractivity contribution in [3.05, 3.63) is 34.0 Å². The Morgan fingerprint density at radius 3 is 1.69 bits per heavy atom. The minimum absolute atomic E-state index is 0.282. The Hall–Kier alpha value is -0.600. The zero-order valence-corrected chi connectivity index (χ0v) is 20.9. The minimum Gasteiger partial charge on any atom is -0.143 e. The number of thiophene rings is 2. The second-order valence-electron chi connectivity index (χ2n) is 9.36. The van der Waals surface area contributed by atoms with Crippen LogP contribution < -0.4 is 0 Å². The molecular weight excluding hydrogens is 388 g/mol. The van der Waals surface area contributed by atoms with Gasteiger partial charge in [-0.25, -0.2) is 0 Å². The van der Waals surface area contributed by atoms with Gasteiger partial charge in [-0.2, -0.15) is 0 Å². The molecule has 0 saturated carbocycles. The van der Waals surface area contributed by atoms with Crippen LogP contribution in [0.25, 0.3) is 9.75 Å². The maximum Gasteiger partial charge on any atom is 0.0486 e. The van der Waals surface area contributed by atoms with Gasteiger partial charge in [0.25, 0.3) is 0 Å². The van der Waals surface area contributed by atoms with Crippen molar-refractivity contribution in [1.82, 2.24) is 0 Å². The Balaban J connectivity index is 1.89. The molecule has 0 bridgehead atoms. The zero-order valence-electron chi connectivity index (χ0n) is 19.3. The van der Waals surface area contributed by atoms with E-state index in [9.17, 15) is 0 Å². The quantitative estimate of drug-likeness (QED) is 0.261.